The van der Waals surface area contributed by atoms with Gasteiger partial charge in [0.2, 0.25) is 18.6 Å². The van der Waals surface area contributed by atoms with Gasteiger partial charge in [-0.1, -0.05) is 48.0 Å². The fourth-order valence-corrected chi connectivity index (χ4v) is 4.40. The number of ether oxygens (including phenoxy) is 2. The van der Waals surface area contributed by atoms with Gasteiger partial charge in [0.05, 0.1) is 5.52 Å². The van der Waals surface area contributed by atoms with Crippen LogP contribution in [0.25, 0.3) is 11.0 Å². The number of nitrogens with zero attached hydrogens (tertiary/aromatic N) is 4. The van der Waals surface area contributed by atoms with Crippen LogP contribution in [-0.4, -0.2) is 44.0 Å². The third-order valence-corrected chi connectivity index (χ3v) is 6.92. The van der Waals surface area contributed by atoms with E-state index in [2.05, 4.69) is 15.6 Å². The first-order valence-corrected chi connectivity index (χ1v) is 12.3. The standard InChI is InChI=1S/C27H26ClN5O4/c1-3-27(2,26(35)29-20-12-13-23-24(14-20)37-17-36-23)32(15-18-8-10-19(28)11-9-18)25(34)16-33-22-7-5-4-6-21(22)30-31-33/h4-14H,3,15-17H2,1-2H3,(H,29,35). The Morgan fingerprint density at radius 2 is 1.84 bits per heavy atom. The smallest absolute Gasteiger partial charge is 0.250 e. The maximum atomic E-state index is 13.8. The molecule has 2 heterocycles. The van der Waals surface area contributed by atoms with Crippen LogP contribution < -0.4 is 14.8 Å². The molecule has 9 nitrogen and oxygen atoms in total. The lowest BCUT2D eigenvalue weighted by Gasteiger charge is -2.39. The molecule has 1 N–H and O–H groups in total. The summed E-state index contributed by atoms with van der Waals surface area (Å²) in [7, 11) is 0. The molecule has 190 valence electrons. The summed E-state index contributed by atoms with van der Waals surface area (Å²) in [5.74, 6) is 0.592. The predicted octanol–water partition coefficient (Wildman–Crippen LogP) is 4.65. The molecule has 0 saturated heterocycles. The summed E-state index contributed by atoms with van der Waals surface area (Å²) >= 11 is 6.08. The Balaban J connectivity index is 1.45. The summed E-state index contributed by atoms with van der Waals surface area (Å²) in [4.78, 5) is 29.2. The van der Waals surface area contributed by atoms with Gasteiger partial charge in [-0.2, -0.15) is 0 Å². The highest BCUT2D eigenvalue weighted by Crippen LogP contribution is 2.35. The van der Waals surface area contributed by atoms with Crippen LogP contribution in [-0.2, 0) is 22.7 Å². The Morgan fingerprint density at radius 1 is 1.08 bits per heavy atom. The zero-order valence-electron chi connectivity index (χ0n) is 20.5. The number of anilines is 1. The van der Waals surface area contributed by atoms with Crippen molar-refractivity contribution in [2.24, 2.45) is 0 Å². The quantitative estimate of drug-likeness (QED) is 0.364. The summed E-state index contributed by atoms with van der Waals surface area (Å²) in [6.07, 6.45) is 0.376. The molecule has 2 amide bonds. The van der Waals surface area contributed by atoms with Crippen molar-refractivity contribution in [2.45, 2.75) is 38.9 Å². The molecule has 5 rings (SSSR count). The molecule has 0 saturated carbocycles. The lowest BCUT2D eigenvalue weighted by molar-refractivity contribution is -0.146. The first-order valence-electron chi connectivity index (χ1n) is 11.9. The number of benzene rings is 3. The molecule has 3 aromatic carbocycles. The highest BCUT2D eigenvalue weighted by molar-refractivity contribution is 6.30. The number of aromatic nitrogens is 3. The van der Waals surface area contributed by atoms with Gasteiger partial charge in [0.15, 0.2) is 11.5 Å². The second kappa shape index (κ2) is 10.1. The van der Waals surface area contributed by atoms with E-state index in [0.29, 0.717) is 34.1 Å². The number of carbonyl (C=O) groups is 2. The number of nitrogens with one attached hydrogen (secondary N) is 1. The molecule has 1 aliphatic rings. The molecule has 0 bridgehead atoms. The minimum Gasteiger partial charge on any atom is -0.454 e. The van der Waals surface area contributed by atoms with E-state index in [1.807, 2.05) is 43.3 Å². The first kappa shape index (κ1) is 24.6. The number of rotatable bonds is 8. The van der Waals surface area contributed by atoms with Gasteiger partial charge in [-0.05, 0) is 55.3 Å². The van der Waals surface area contributed by atoms with Crippen LogP contribution in [0.4, 0.5) is 5.69 Å². The maximum absolute atomic E-state index is 13.8. The molecule has 37 heavy (non-hydrogen) atoms. The van der Waals surface area contributed by atoms with Crippen molar-refractivity contribution in [3.05, 3.63) is 77.3 Å². The van der Waals surface area contributed by atoms with E-state index < -0.39 is 5.54 Å². The lowest BCUT2D eigenvalue weighted by atomic mass is 9.93. The molecule has 1 aromatic heterocycles. The Kier molecular flexibility index (Phi) is 6.71. The zero-order chi connectivity index (χ0) is 26.0. The summed E-state index contributed by atoms with van der Waals surface area (Å²) in [5.41, 5.74) is 1.65. The molecule has 1 atom stereocenters. The van der Waals surface area contributed by atoms with E-state index in [9.17, 15) is 9.59 Å². The van der Waals surface area contributed by atoms with Gasteiger partial charge in [0.1, 0.15) is 17.6 Å². The number of carbonyl (C=O) groups excluding carboxylic acids is 2. The highest BCUT2D eigenvalue weighted by atomic mass is 35.5. The number of hydrogen-bond donors (Lipinski definition) is 1. The van der Waals surface area contributed by atoms with Crippen molar-refractivity contribution in [3.8, 4) is 11.5 Å². The molecule has 0 fully saturated rings. The van der Waals surface area contributed by atoms with Gasteiger partial charge in [-0.15, -0.1) is 5.10 Å². The van der Waals surface area contributed by atoms with Crippen molar-refractivity contribution in [1.82, 2.24) is 19.9 Å². The molecule has 0 spiro atoms. The second-order valence-corrected chi connectivity index (χ2v) is 9.43. The Labute approximate surface area is 218 Å². The van der Waals surface area contributed by atoms with Crippen molar-refractivity contribution in [1.29, 1.82) is 0 Å². The van der Waals surface area contributed by atoms with E-state index >= 15 is 0 Å². The topological polar surface area (TPSA) is 98.6 Å². The van der Waals surface area contributed by atoms with Crippen LogP contribution in [0.2, 0.25) is 5.02 Å². The van der Waals surface area contributed by atoms with Gasteiger partial charge in [0, 0.05) is 23.3 Å². The van der Waals surface area contributed by atoms with Crippen molar-refractivity contribution < 1.29 is 19.1 Å². The predicted molar refractivity (Wildman–Crippen MR) is 139 cm³/mol. The molecule has 1 aliphatic heterocycles. The molecule has 1 unspecified atom stereocenters. The Morgan fingerprint density at radius 3 is 2.62 bits per heavy atom. The van der Waals surface area contributed by atoms with Crippen LogP contribution >= 0.6 is 11.6 Å². The van der Waals surface area contributed by atoms with Gasteiger partial charge >= 0.3 is 0 Å². The number of halogens is 1. The zero-order valence-corrected chi connectivity index (χ0v) is 21.2. The minimum absolute atomic E-state index is 0.0685. The van der Waals surface area contributed by atoms with E-state index in [1.54, 1.807) is 46.8 Å². The van der Waals surface area contributed by atoms with Gasteiger partial charge in [-0.25, -0.2) is 4.68 Å². The van der Waals surface area contributed by atoms with E-state index in [1.165, 1.54) is 0 Å². The molecular formula is C27H26ClN5O4. The monoisotopic (exact) mass is 519 g/mol. The first-order chi connectivity index (χ1) is 17.9. The van der Waals surface area contributed by atoms with Crippen LogP contribution in [0.3, 0.4) is 0 Å². The SMILES string of the molecule is CCC(C)(C(=O)Nc1ccc2c(c1)OCO2)N(Cc1ccc(Cl)cc1)C(=O)Cn1nnc2ccccc21. The lowest BCUT2D eigenvalue weighted by Crippen LogP contribution is -2.57. The summed E-state index contributed by atoms with van der Waals surface area (Å²) in [5, 5.41) is 11.9. The number of hydrogen-bond acceptors (Lipinski definition) is 6. The van der Waals surface area contributed by atoms with Gasteiger partial charge in [0.25, 0.3) is 0 Å². The van der Waals surface area contributed by atoms with Gasteiger partial charge < -0.3 is 19.7 Å². The number of para-hydroxylation sites is 1. The normalized spacial score (nSPS) is 13.8. The van der Waals surface area contributed by atoms with Crippen molar-refractivity contribution in [3.63, 3.8) is 0 Å². The van der Waals surface area contributed by atoms with E-state index in [0.717, 1.165) is 11.1 Å². The molecular weight excluding hydrogens is 494 g/mol. The van der Waals surface area contributed by atoms with Crippen LogP contribution in [0.5, 0.6) is 11.5 Å². The van der Waals surface area contributed by atoms with Crippen LogP contribution in [0, 0.1) is 0 Å². The average molecular weight is 520 g/mol. The average Bonchev–Trinajstić information content (AvgIpc) is 3.54. The van der Waals surface area contributed by atoms with Crippen LogP contribution in [0.1, 0.15) is 25.8 Å². The molecule has 0 radical (unpaired) electrons. The maximum Gasteiger partial charge on any atom is 0.250 e. The third-order valence-electron chi connectivity index (χ3n) is 6.66. The number of fused-ring (bicyclic) bond motifs is 2. The van der Waals surface area contributed by atoms with Crippen molar-refractivity contribution >= 4 is 40.1 Å². The minimum atomic E-state index is -1.18. The van der Waals surface area contributed by atoms with Crippen LogP contribution in [0.15, 0.2) is 66.7 Å². The van der Waals surface area contributed by atoms with E-state index in [-0.39, 0.29) is 31.7 Å². The van der Waals surface area contributed by atoms with E-state index in [4.69, 9.17) is 21.1 Å². The van der Waals surface area contributed by atoms with Crippen molar-refractivity contribution in [2.75, 3.05) is 12.1 Å². The highest BCUT2D eigenvalue weighted by Gasteiger charge is 2.41. The summed E-state index contributed by atoms with van der Waals surface area (Å²) in [6.45, 7) is 3.93. The summed E-state index contributed by atoms with van der Waals surface area (Å²) < 4.78 is 12.4. The largest absolute Gasteiger partial charge is 0.454 e. The molecule has 4 aromatic rings. The third kappa shape index (κ3) is 4.95. The Bertz CT molecular complexity index is 1450. The Hall–Kier alpha value is -4.11. The number of amides is 2. The molecule has 10 heteroatoms. The fraction of sp³-hybridized carbons (Fsp3) is 0.259. The second-order valence-electron chi connectivity index (χ2n) is 8.99. The fourth-order valence-electron chi connectivity index (χ4n) is 4.27. The molecule has 0 aliphatic carbocycles. The van der Waals surface area contributed by atoms with Gasteiger partial charge in [-0.3, -0.25) is 9.59 Å². The summed E-state index contributed by atoms with van der Waals surface area (Å²) in [6, 6.07) is 19.9.